The second-order valence-corrected chi connectivity index (χ2v) is 3.95. The zero-order valence-electron chi connectivity index (χ0n) is 11.2. The Kier molecular flexibility index (Phi) is 3.90. The van der Waals surface area contributed by atoms with Gasteiger partial charge in [0, 0.05) is 5.39 Å². The summed E-state index contributed by atoms with van der Waals surface area (Å²) in [7, 11) is 3.14. The quantitative estimate of drug-likeness (QED) is 0.793. The molecule has 0 heterocycles. The van der Waals surface area contributed by atoms with Gasteiger partial charge in [-0.25, -0.2) is 4.79 Å². The second kappa shape index (κ2) is 5.61. The highest BCUT2D eigenvalue weighted by Crippen LogP contribution is 2.32. The van der Waals surface area contributed by atoms with E-state index in [9.17, 15) is 4.79 Å². The Morgan fingerprint density at radius 3 is 2.47 bits per heavy atom. The number of rotatable bonds is 4. The summed E-state index contributed by atoms with van der Waals surface area (Å²) in [4.78, 5) is 11.9. The van der Waals surface area contributed by atoms with Gasteiger partial charge in [-0.1, -0.05) is 12.1 Å². The van der Waals surface area contributed by atoms with Gasteiger partial charge in [0.15, 0.2) is 0 Å². The van der Waals surface area contributed by atoms with Crippen molar-refractivity contribution in [2.45, 2.75) is 6.92 Å². The molecule has 100 valence electrons. The Hall–Kier alpha value is -2.23. The summed E-state index contributed by atoms with van der Waals surface area (Å²) in [5.41, 5.74) is 0.421. The van der Waals surface area contributed by atoms with Crippen molar-refractivity contribution in [3.05, 3.63) is 35.9 Å². The molecule has 0 aliphatic carbocycles. The highest BCUT2D eigenvalue weighted by Gasteiger charge is 2.15. The van der Waals surface area contributed by atoms with Crippen LogP contribution in [0.1, 0.15) is 17.3 Å². The van der Waals surface area contributed by atoms with Crippen LogP contribution in [-0.4, -0.2) is 26.8 Å². The molecule has 4 nitrogen and oxygen atoms in total. The molecule has 0 amide bonds. The van der Waals surface area contributed by atoms with Gasteiger partial charge in [0.25, 0.3) is 0 Å². The third-order valence-corrected chi connectivity index (χ3v) is 2.88. The summed E-state index contributed by atoms with van der Waals surface area (Å²) >= 11 is 0. The van der Waals surface area contributed by atoms with Crippen molar-refractivity contribution >= 4 is 16.7 Å². The predicted molar refractivity (Wildman–Crippen MR) is 73.0 cm³/mol. The van der Waals surface area contributed by atoms with E-state index < -0.39 is 0 Å². The summed E-state index contributed by atoms with van der Waals surface area (Å²) in [5, 5.41) is 1.80. The number of carbonyl (C=O) groups is 1. The molecule has 0 saturated heterocycles. The molecular formula is C15H16O4. The molecule has 2 rings (SSSR count). The monoisotopic (exact) mass is 260 g/mol. The maximum absolute atomic E-state index is 11.9. The molecule has 0 fully saturated rings. The van der Waals surface area contributed by atoms with E-state index in [0.29, 0.717) is 17.9 Å². The van der Waals surface area contributed by atoms with Gasteiger partial charge in [-0.15, -0.1) is 0 Å². The van der Waals surface area contributed by atoms with Crippen LogP contribution in [0.4, 0.5) is 0 Å². The first kappa shape index (κ1) is 13.2. The van der Waals surface area contributed by atoms with Crippen molar-refractivity contribution in [1.29, 1.82) is 0 Å². The number of benzene rings is 2. The Bertz CT molecular complexity index is 604. The summed E-state index contributed by atoms with van der Waals surface area (Å²) in [6.07, 6.45) is 0. The van der Waals surface area contributed by atoms with Gasteiger partial charge in [0.2, 0.25) is 0 Å². The number of esters is 1. The van der Waals surface area contributed by atoms with E-state index in [1.807, 2.05) is 18.2 Å². The average molecular weight is 260 g/mol. The number of fused-ring (bicyclic) bond motifs is 1. The van der Waals surface area contributed by atoms with Gasteiger partial charge >= 0.3 is 5.97 Å². The van der Waals surface area contributed by atoms with Gasteiger partial charge in [-0.3, -0.25) is 0 Å². The maximum Gasteiger partial charge on any atom is 0.341 e. The Balaban J connectivity index is 2.63. The van der Waals surface area contributed by atoms with E-state index >= 15 is 0 Å². The highest BCUT2D eigenvalue weighted by molar-refractivity contribution is 6.00. The highest BCUT2D eigenvalue weighted by atomic mass is 16.5. The summed E-state index contributed by atoms with van der Waals surface area (Å²) < 4.78 is 15.6. The summed E-state index contributed by atoms with van der Waals surface area (Å²) in [5.74, 6) is 0.839. The smallest absolute Gasteiger partial charge is 0.341 e. The van der Waals surface area contributed by atoms with Crippen LogP contribution >= 0.6 is 0 Å². The van der Waals surface area contributed by atoms with E-state index in [2.05, 4.69) is 0 Å². The SMILES string of the molecule is CCOC(=O)c1cc2cccc(OC)c2cc1OC. The molecule has 0 unspecified atom stereocenters. The number of hydrogen-bond acceptors (Lipinski definition) is 4. The van der Waals surface area contributed by atoms with Gasteiger partial charge < -0.3 is 14.2 Å². The van der Waals surface area contributed by atoms with Crippen LogP contribution in [0.15, 0.2) is 30.3 Å². The van der Waals surface area contributed by atoms with Crippen molar-refractivity contribution < 1.29 is 19.0 Å². The molecule has 2 aromatic rings. The molecule has 2 aromatic carbocycles. The molecule has 0 N–H and O–H groups in total. The van der Waals surface area contributed by atoms with Crippen LogP contribution in [0.5, 0.6) is 11.5 Å². The first-order chi connectivity index (χ1) is 9.21. The van der Waals surface area contributed by atoms with Crippen LogP contribution in [-0.2, 0) is 4.74 Å². The van der Waals surface area contributed by atoms with Crippen molar-refractivity contribution in [1.82, 2.24) is 0 Å². The molecule has 0 spiro atoms. The molecule has 0 saturated carbocycles. The topological polar surface area (TPSA) is 44.8 Å². The van der Waals surface area contributed by atoms with Gasteiger partial charge in [0.05, 0.1) is 20.8 Å². The van der Waals surface area contributed by atoms with E-state index in [1.54, 1.807) is 26.2 Å². The molecule has 0 aromatic heterocycles. The molecule has 0 radical (unpaired) electrons. The van der Waals surface area contributed by atoms with E-state index in [1.165, 1.54) is 7.11 Å². The lowest BCUT2D eigenvalue weighted by Gasteiger charge is -2.11. The van der Waals surface area contributed by atoms with Crippen LogP contribution < -0.4 is 9.47 Å². The molecular weight excluding hydrogens is 244 g/mol. The third kappa shape index (κ3) is 2.47. The minimum atomic E-state index is -0.385. The Labute approximate surface area is 111 Å². The summed E-state index contributed by atoms with van der Waals surface area (Å²) in [6, 6.07) is 9.21. The fourth-order valence-electron chi connectivity index (χ4n) is 1.99. The number of methoxy groups -OCH3 is 2. The zero-order valence-corrected chi connectivity index (χ0v) is 11.2. The molecule has 0 aliphatic rings. The van der Waals surface area contributed by atoms with Gasteiger partial charge in [0.1, 0.15) is 17.1 Å². The molecule has 0 atom stereocenters. The lowest BCUT2D eigenvalue weighted by molar-refractivity contribution is 0.0523. The van der Waals surface area contributed by atoms with Gasteiger partial charge in [-0.05, 0) is 30.5 Å². The fourth-order valence-corrected chi connectivity index (χ4v) is 1.99. The minimum absolute atomic E-state index is 0.331. The third-order valence-electron chi connectivity index (χ3n) is 2.88. The normalized spacial score (nSPS) is 10.3. The summed E-state index contributed by atoms with van der Waals surface area (Å²) in [6.45, 7) is 2.10. The molecule has 0 aliphatic heterocycles. The molecule has 0 bridgehead atoms. The van der Waals surface area contributed by atoms with Crippen LogP contribution in [0, 0.1) is 0 Å². The van der Waals surface area contributed by atoms with Crippen molar-refractivity contribution in [2.24, 2.45) is 0 Å². The van der Waals surface area contributed by atoms with Crippen molar-refractivity contribution in [3.8, 4) is 11.5 Å². The number of ether oxygens (including phenoxy) is 3. The standard InChI is InChI=1S/C15H16O4/c1-4-19-15(16)12-8-10-6-5-7-13(17-2)11(10)9-14(12)18-3/h5-9H,4H2,1-3H3. The van der Waals surface area contributed by atoms with Crippen LogP contribution in [0.3, 0.4) is 0 Å². The van der Waals surface area contributed by atoms with Crippen LogP contribution in [0.25, 0.3) is 10.8 Å². The fraction of sp³-hybridized carbons (Fsp3) is 0.267. The number of carbonyl (C=O) groups excluding carboxylic acids is 1. The first-order valence-corrected chi connectivity index (χ1v) is 6.03. The predicted octanol–water partition coefficient (Wildman–Crippen LogP) is 3.03. The molecule has 4 heteroatoms. The van der Waals surface area contributed by atoms with E-state index in [0.717, 1.165) is 16.5 Å². The van der Waals surface area contributed by atoms with E-state index in [4.69, 9.17) is 14.2 Å². The second-order valence-electron chi connectivity index (χ2n) is 3.95. The van der Waals surface area contributed by atoms with Crippen molar-refractivity contribution in [3.63, 3.8) is 0 Å². The van der Waals surface area contributed by atoms with Gasteiger partial charge in [-0.2, -0.15) is 0 Å². The lowest BCUT2D eigenvalue weighted by Crippen LogP contribution is -2.06. The van der Waals surface area contributed by atoms with E-state index in [-0.39, 0.29) is 5.97 Å². The first-order valence-electron chi connectivity index (χ1n) is 6.03. The Morgan fingerprint density at radius 2 is 1.84 bits per heavy atom. The maximum atomic E-state index is 11.9. The zero-order chi connectivity index (χ0) is 13.8. The van der Waals surface area contributed by atoms with Crippen molar-refractivity contribution in [2.75, 3.05) is 20.8 Å². The average Bonchev–Trinajstić information content (AvgIpc) is 2.45. The van der Waals surface area contributed by atoms with Crippen LogP contribution in [0.2, 0.25) is 0 Å². The molecule has 19 heavy (non-hydrogen) atoms. The Morgan fingerprint density at radius 1 is 1.11 bits per heavy atom. The lowest BCUT2D eigenvalue weighted by atomic mass is 10.0. The minimum Gasteiger partial charge on any atom is -0.496 e. The largest absolute Gasteiger partial charge is 0.496 e. The number of hydrogen-bond donors (Lipinski definition) is 0.